The molecule has 0 atom stereocenters. The second kappa shape index (κ2) is 6.47. The number of hydrogen-bond acceptors (Lipinski definition) is 7. The first-order valence-corrected chi connectivity index (χ1v) is 7.95. The highest BCUT2D eigenvalue weighted by atomic mass is 32.2. The monoisotopic (exact) mass is 308 g/mol. The van der Waals surface area contributed by atoms with Gasteiger partial charge in [-0.3, -0.25) is 10.1 Å². The zero-order valence-corrected chi connectivity index (χ0v) is 12.2. The van der Waals surface area contributed by atoms with Crippen LogP contribution in [0.2, 0.25) is 0 Å². The average Bonchev–Trinajstić information content (AvgIpc) is 3.06. The fourth-order valence-electron chi connectivity index (χ4n) is 1.17. The molecule has 0 aliphatic carbocycles. The lowest BCUT2D eigenvalue weighted by molar-refractivity contribution is -0.112. The number of carbonyl (C=O) groups excluding carboxylic acids is 1. The third kappa shape index (κ3) is 3.64. The van der Waals surface area contributed by atoms with Crippen LogP contribution in [0.4, 0.5) is 5.13 Å². The molecule has 0 unspecified atom stereocenters. The molecule has 0 aromatic carbocycles. The zero-order chi connectivity index (χ0) is 13.7. The number of nitriles is 1. The summed E-state index contributed by atoms with van der Waals surface area (Å²) in [7, 11) is 0. The van der Waals surface area contributed by atoms with Crippen LogP contribution in [0.15, 0.2) is 28.2 Å². The Kier molecular flexibility index (Phi) is 4.68. The molecule has 19 heavy (non-hydrogen) atoms. The van der Waals surface area contributed by atoms with Crippen molar-refractivity contribution < 1.29 is 4.79 Å². The lowest BCUT2D eigenvalue weighted by Crippen LogP contribution is -2.13. The largest absolute Gasteiger partial charge is 0.296 e. The fraction of sp³-hybridized carbons (Fsp3) is 0.0909. The standard InChI is InChI=1S/C11H8N4OS3/c1-17-11-14-10(19-15-11)13-9(16)7(6-12)5-8-3-2-4-18-8/h2-5H,1H3,(H,13,14,15,16). The van der Waals surface area contributed by atoms with E-state index >= 15 is 0 Å². The van der Waals surface area contributed by atoms with Crippen molar-refractivity contribution in [2.45, 2.75) is 5.16 Å². The molecule has 2 heterocycles. The SMILES string of the molecule is CSc1nsc(NC(=O)C(C#N)=Cc2cccs2)n1. The van der Waals surface area contributed by atoms with Gasteiger partial charge in [0.2, 0.25) is 10.3 Å². The van der Waals surface area contributed by atoms with Gasteiger partial charge in [-0.05, 0) is 23.8 Å². The summed E-state index contributed by atoms with van der Waals surface area (Å²) in [6.45, 7) is 0. The first-order chi connectivity index (χ1) is 9.22. The van der Waals surface area contributed by atoms with Crippen LogP contribution in [0.1, 0.15) is 4.88 Å². The summed E-state index contributed by atoms with van der Waals surface area (Å²) < 4.78 is 4.03. The Morgan fingerprint density at radius 3 is 3.05 bits per heavy atom. The van der Waals surface area contributed by atoms with Crippen LogP contribution in [-0.2, 0) is 4.79 Å². The summed E-state index contributed by atoms with van der Waals surface area (Å²) in [6.07, 6.45) is 3.40. The molecular formula is C11H8N4OS3. The molecule has 0 radical (unpaired) electrons. The minimum atomic E-state index is -0.472. The number of anilines is 1. The predicted molar refractivity (Wildman–Crippen MR) is 78.2 cm³/mol. The topological polar surface area (TPSA) is 78.7 Å². The Morgan fingerprint density at radius 1 is 1.63 bits per heavy atom. The van der Waals surface area contributed by atoms with Crippen molar-refractivity contribution in [1.29, 1.82) is 5.26 Å². The Balaban J connectivity index is 2.12. The van der Waals surface area contributed by atoms with Crippen molar-refractivity contribution >= 4 is 51.7 Å². The van der Waals surface area contributed by atoms with Gasteiger partial charge in [0.15, 0.2) is 0 Å². The van der Waals surface area contributed by atoms with Crippen molar-refractivity contribution in [3.8, 4) is 6.07 Å². The van der Waals surface area contributed by atoms with E-state index in [4.69, 9.17) is 5.26 Å². The van der Waals surface area contributed by atoms with Crippen molar-refractivity contribution in [1.82, 2.24) is 9.36 Å². The molecule has 0 saturated heterocycles. The third-order valence-corrected chi connectivity index (χ3v) is 4.12. The van der Waals surface area contributed by atoms with E-state index in [0.717, 1.165) is 16.4 Å². The van der Waals surface area contributed by atoms with Gasteiger partial charge in [-0.15, -0.1) is 11.3 Å². The molecule has 0 spiro atoms. The minimum Gasteiger partial charge on any atom is -0.296 e. The highest BCUT2D eigenvalue weighted by molar-refractivity contribution is 7.98. The minimum absolute atomic E-state index is 0.0448. The van der Waals surface area contributed by atoms with Crippen LogP contribution in [0.25, 0.3) is 6.08 Å². The van der Waals surface area contributed by atoms with Crippen LogP contribution in [0, 0.1) is 11.3 Å². The number of nitrogens with zero attached hydrogens (tertiary/aromatic N) is 3. The van der Waals surface area contributed by atoms with E-state index in [1.807, 2.05) is 29.8 Å². The molecule has 0 bridgehead atoms. The molecule has 5 nitrogen and oxygen atoms in total. The van der Waals surface area contributed by atoms with Gasteiger partial charge < -0.3 is 0 Å². The maximum Gasteiger partial charge on any atom is 0.268 e. The second-order valence-electron chi connectivity index (χ2n) is 3.23. The lowest BCUT2D eigenvalue weighted by atomic mass is 10.2. The van der Waals surface area contributed by atoms with Gasteiger partial charge in [-0.2, -0.15) is 14.6 Å². The van der Waals surface area contributed by atoms with Gasteiger partial charge in [-0.25, -0.2) is 0 Å². The Labute approximate surface area is 122 Å². The first kappa shape index (κ1) is 13.7. The van der Waals surface area contributed by atoms with Crippen molar-refractivity contribution in [3.63, 3.8) is 0 Å². The molecule has 2 rings (SSSR count). The summed E-state index contributed by atoms with van der Waals surface area (Å²) in [5, 5.41) is 14.5. The van der Waals surface area contributed by atoms with E-state index < -0.39 is 5.91 Å². The molecule has 1 N–H and O–H groups in total. The Bertz CT molecular complexity index is 639. The first-order valence-electron chi connectivity index (χ1n) is 5.07. The molecule has 0 saturated carbocycles. The smallest absolute Gasteiger partial charge is 0.268 e. The highest BCUT2D eigenvalue weighted by Gasteiger charge is 2.12. The summed E-state index contributed by atoms with van der Waals surface area (Å²) in [4.78, 5) is 16.8. The number of nitrogens with one attached hydrogen (secondary N) is 1. The Morgan fingerprint density at radius 2 is 2.47 bits per heavy atom. The van der Waals surface area contributed by atoms with E-state index in [1.165, 1.54) is 23.1 Å². The molecule has 0 fully saturated rings. The van der Waals surface area contributed by atoms with Gasteiger partial charge in [0.1, 0.15) is 11.6 Å². The van der Waals surface area contributed by atoms with Gasteiger partial charge >= 0.3 is 0 Å². The maximum absolute atomic E-state index is 11.9. The molecular weight excluding hydrogens is 300 g/mol. The van der Waals surface area contributed by atoms with E-state index in [-0.39, 0.29) is 5.57 Å². The van der Waals surface area contributed by atoms with Crippen LogP contribution in [0.5, 0.6) is 0 Å². The van der Waals surface area contributed by atoms with Crippen molar-refractivity contribution in [3.05, 3.63) is 28.0 Å². The number of thiophene rings is 1. The molecule has 96 valence electrons. The molecule has 1 amide bonds. The highest BCUT2D eigenvalue weighted by Crippen LogP contribution is 2.19. The fourth-order valence-corrected chi connectivity index (χ4v) is 2.95. The van der Waals surface area contributed by atoms with E-state index in [1.54, 1.807) is 6.08 Å². The number of rotatable bonds is 4. The van der Waals surface area contributed by atoms with Crippen LogP contribution in [-0.4, -0.2) is 21.5 Å². The summed E-state index contributed by atoms with van der Waals surface area (Å²) in [5.41, 5.74) is 0.0448. The predicted octanol–water partition coefficient (Wildman–Crippen LogP) is 2.87. The summed E-state index contributed by atoms with van der Waals surface area (Å²) in [6, 6.07) is 5.59. The van der Waals surface area contributed by atoms with E-state index in [9.17, 15) is 4.79 Å². The molecule has 2 aromatic rings. The van der Waals surface area contributed by atoms with Gasteiger partial charge in [0.25, 0.3) is 5.91 Å². The molecule has 8 heteroatoms. The number of amides is 1. The lowest BCUT2D eigenvalue weighted by Gasteiger charge is -1.98. The average molecular weight is 308 g/mol. The summed E-state index contributed by atoms with van der Waals surface area (Å²) >= 11 is 3.95. The van der Waals surface area contributed by atoms with Crippen LogP contribution in [0.3, 0.4) is 0 Å². The molecule has 0 aliphatic heterocycles. The van der Waals surface area contributed by atoms with Gasteiger partial charge in [0, 0.05) is 16.4 Å². The number of carbonyl (C=O) groups is 1. The number of aromatic nitrogens is 2. The van der Waals surface area contributed by atoms with Gasteiger partial charge in [-0.1, -0.05) is 17.8 Å². The third-order valence-electron chi connectivity index (χ3n) is 2.01. The zero-order valence-electron chi connectivity index (χ0n) is 9.78. The normalized spacial score (nSPS) is 11.1. The summed E-state index contributed by atoms with van der Waals surface area (Å²) in [5.74, 6) is -0.472. The van der Waals surface area contributed by atoms with E-state index in [0.29, 0.717) is 10.3 Å². The Hall–Kier alpha value is -1.69. The molecule has 2 aromatic heterocycles. The van der Waals surface area contributed by atoms with Crippen LogP contribution < -0.4 is 5.32 Å². The second-order valence-corrected chi connectivity index (χ2v) is 5.73. The van der Waals surface area contributed by atoms with Crippen LogP contribution >= 0.6 is 34.6 Å². The van der Waals surface area contributed by atoms with E-state index in [2.05, 4.69) is 14.7 Å². The molecule has 0 aliphatic rings. The van der Waals surface area contributed by atoms with Crippen molar-refractivity contribution in [2.24, 2.45) is 0 Å². The number of hydrogen-bond donors (Lipinski definition) is 1. The number of thioether (sulfide) groups is 1. The van der Waals surface area contributed by atoms with Gasteiger partial charge in [0.05, 0.1) is 0 Å². The van der Waals surface area contributed by atoms with Crippen molar-refractivity contribution in [2.75, 3.05) is 11.6 Å². The quantitative estimate of drug-likeness (QED) is 0.534. The maximum atomic E-state index is 11.9.